The summed E-state index contributed by atoms with van der Waals surface area (Å²) in [6.07, 6.45) is 0.906. The summed E-state index contributed by atoms with van der Waals surface area (Å²) in [5, 5.41) is 12.2. The van der Waals surface area contributed by atoms with Crippen LogP contribution in [0.4, 0.5) is 0 Å². The van der Waals surface area contributed by atoms with Gasteiger partial charge in [0, 0.05) is 30.6 Å². The van der Waals surface area contributed by atoms with Gasteiger partial charge in [-0.1, -0.05) is 12.1 Å². The van der Waals surface area contributed by atoms with E-state index in [1.54, 1.807) is 6.92 Å². The number of nitrogens with two attached hydrogens (primary N) is 1. The molecule has 1 aliphatic rings. The molecule has 3 N–H and O–H groups in total. The van der Waals surface area contributed by atoms with Gasteiger partial charge in [0.2, 0.25) is 0 Å². The lowest BCUT2D eigenvalue weighted by Crippen LogP contribution is -2.40. The van der Waals surface area contributed by atoms with E-state index in [-0.39, 0.29) is 11.9 Å². The quantitative estimate of drug-likeness (QED) is 0.322. The van der Waals surface area contributed by atoms with Crippen molar-refractivity contribution in [1.82, 2.24) is 4.90 Å². The normalized spacial score (nSPS) is 24.8. The van der Waals surface area contributed by atoms with E-state index in [1.807, 2.05) is 0 Å². The standard InChI is InChI=1S/C11H23N3O2S/c1-3-10-8-14(5-7-17-10)4-6-16-9(2)11(12)13-15/h9-10,15H,3-8H2,1-2H3,(H2,12,13). The predicted molar refractivity (Wildman–Crippen MR) is 71.8 cm³/mol. The van der Waals surface area contributed by atoms with Crippen LogP contribution in [0.3, 0.4) is 0 Å². The van der Waals surface area contributed by atoms with E-state index in [2.05, 4.69) is 28.7 Å². The third-order valence-corrected chi connectivity index (χ3v) is 4.36. The molecule has 0 bridgehead atoms. The number of thioether (sulfide) groups is 1. The monoisotopic (exact) mass is 261 g/mol. The summed E-state index contributed by atoms with van der Waals surface area (Å²) in [4.78, 5) is 2.42. The third-order valence-electron chi connectivity index (χ3n) is 2.99. The number of nitrogens with zero attached hydrogens (tertiary/aromatic N) is 2. The molecule has 0 amide bonds. The second-order valence-electron chi connectivity index (χ2n) is 4.24. The Balaban J connectivity index is 2.18. The second-order valence-corrected chi connectivity index (χ2v) is 5.65. The van der Waals surface area contributed by atoms with Crippen LogP contribution in [0.5, 0.6) is 0 Å². The van der Waals surface area contributed by atoms with Crippen LogP contribution in [-0.2, 0) is 4.74 Å². The van der Waals surface area contributed by atoms with E-state index in [4.69, 9.17) is 15.7 Å². The Morgan fingerprint density at radius 2 is 2.47 bits per heavy atom. The fourth-order valence-corrected chi connectivity index (χ4v) is 3.00. The van der Waals surface area contributed by atoms with Gasteiger partial charge < -0.3 is 15.7 Å². The topological polar surface area (TPSA) is 71.1 Å². The number of rotatable bonds is 6. The molecule has 1 aliphatic heterocycles. The average Bonchev–Trinajstić information content (AvgIpc) is 2.37. The molecule has 5 nitrogen and oxygen atoms in total. The largest absolute Gasteiger partial charge is 0.409 e. The zero-order chi connectivity index (χ0) is 12.7. The molecule has 0 aromatic rings. The smallest absolute Gasteiger partial charge is 0.168 e. The maximum atomic E-state index is 8.49. The summed E-state index contributed by atoms with van der Waals surface area (Å²) in [5.74, 6) is 1.33. The van der Waals surface area contributed by atoms with Gasteiger partial charge in [-0.25, -0.2) is 0 Å². The molecular formula is C11H23N3O2S. The molecule has 0 spiro atoms. The Morgan fingerprint density at radius 3 is 3.12 bits per heavy atom. The molecule has 0 radical (unpaired) electrons. The van der Waals surface area contributed by atoms with Crippen LogP contribution in [0.25, 0.3) is 0 Å². The Labute approximate surface area is 107 Å². The molecule has 0 aromatic carbocycles. The number of hydrogen-bond acceptors (Lipinski definition) is 5. The van der Waals surface area contributed by atoms with Crippen molar-refractivity contribution in [2.75, 3.05) is 32.0 Å². The molecule has 1 heterocycles. The fourth-order valence-electron chi connectivity index (χ4n) is 1.76. The first kappa shape index (κ1) is 14.6. The summed E-state index contributed by atoms with van der Waals surface area (Å²) in [5.41, 5.74) is 5.44. The van der Waals surface area contributed by atoms with Crippen molar-refractivity contribution in [2.45, 2.75) is 31.6 Å². The molecule has 0 aromatic heterocycles. The van der Waals surface area contributed by atoms with E-state index >= 15 is 0 Å². The molecule has 100 valence electrons. The van der Waals surface area contributed by atoms with Crippen LogP contribution < -0.4 is 5.73 Å². The van der Waals surface area contributed by atoms with Crippen molar-refractivity contribution in [3.8, 4) is 0 Å². The molecule has 1 saturated heterocycles. The summed E-state index contributed by atoms with van der Waals surface area (Å²) >= 11 is 2.06. The van der Waals surface area contributed by atoms with Crippen LogP contribution in [0.15, 0.2) is 5.16 Å². The molecule has 2 atom stereocenters. The maximum Gasteiger partial charge on any atom is 0.168 e. The number of amidine groups is 1. The van der Waals surface area contributed by atoms with Gasteiger partial charge in [-0.3, -0.25) is 4.90 Å². The van der Waals surface area contributed by atoms with Crippen molar-refractivity contribution in [3.05, 3.63) is 0 Å². The Hall–Kier alpha value is -0.460. The van der Waals surface area contributed by atoms with Crippen LogP contribution >= 0.6 is 11.8 Å². The molecule has 1 rings (SSSR count). The van der Waals surface area contributed by atoms with Crippen molar-refractivity contribution in [1.29, 1.82) is 0 Å². The van der Waals surface area contributed by atoms with Crippen LogP contribution in [0.1, 0.15) is 20.3 Å². The SMILES string of the molecule is CCC1CN(CCOC(C)C(N)=NO)CCS1. The van der Waals surface area contributed by atoms with Gasteiger partial charge in [0.1, 0.15) is 6.10 Å². The minimum atomic E-state index is -0.318. The summed E-state index contributed by atoms with van der Waals surface area (Å²) in [6, 6.07) is 0. The highest BCUT2D eigenvalue weighted by molar-refractivity contribution is 8.00. The number of ether oxygens (including phenoxy) is 1. The van der Waals surface area contributed by atoms with E-state index < -0.39 is 0 Å². The lowest BCUT2D eigenvalue weighted by atomic mass is 10.3. The minimum Gasteiger partial charge on any atom is -0.409 e. The van der Waals surface area contributed by atoms with E-state index in [0.29, 0.717) is 6.61 Å². The Morgan fingerprint density at radius 1 is 1.71 bits per heavy atom. The van der Waals surface area contributed by atoms with E-state index in [0.717, 1.165) is 24.9 Å². The first-order chi connectivity index (χ1) is 8.17. The van der Waals surface area contributed by atoms with Crippen molar-refractivity contribution < 1.29 is 9.94 Å². The molecule has 2 unspecified atom stereocenters. The number of oxime groups is 1. The van der Waals surface area contributed by atoms with Gasteiger partial charge >= 0.3 is 0 Å². The van der Waals surface area contributed by atoms with Crippen LogP contribution in [0, 0.1) is 0 Å². The van der Waals surface area contributed by atoms with Gasteiger partial charge in [-0.2, -0.15) is 11.8 Å². The zero-order valence-corrected chi connectivity index (χ0v) is 11.4. The molecule has 0 saturated carbocycles. The minimum absolute atomic E-state index is 0.130. The van der Waals surface area contributed by atoms with Crippen LogP contribution in [0.2, 0.25) is 0 Å². The van der Waals surface area contributed by atoms with Crippen molar-refractivity contribution >= 4 is 17.6 Å². The van der Waals surface area contributed by atoms with E-state index in [9.17, 15) is 0 Å². The highest BCUT2D eigenvalue weighted by atomic mass is 32.2. The van der Waals surface area contributed by atoms with Crippen molar-refractivity contribution in [2.24, 2.45) is 10.9 Å². The van der Waals surface area contributed by atoms with Gasteiger partial charge in [0.15, 0.2) is 5.84 Å². The highest BCUT2D eigenvalue weighted by Crippen LogP contribution is 2.20. The molecule has 17 heavy (non-hydrogen) atoms. The average molecular weight is 261 g/mol. The maximum absolute atomic E-state index is 8.49. The first-order valence-electron chi connectivity index (χ1n) is 6.10. The third kappa shape index (κ3) is 5.14. The van der Waals surface area contributed by atoms with Gasteiger partial charge in [0.05, 0.1) is 6.61 Å². The van der Waals surface area contributed by atoms with Gasteiger partial charge in [-0.05, 0) is 13.3 Å². The molecule has 1 fully saturated rings. The fraction of sp³-hybridized carbons (Fsp3) is 0.909. The molecular weight excluding hydrogens is 238 g/mol. The molecule has 0 aliphatic carbocycles. The summed E-state index contributed by atoms with van der Waals surface area (Å²) in [6.45, 7) is 7.83. The lowest BCUT2D eigenvalue weighted by molar-refractivity contribution is 0.0823. The lowest BCUT2D eigenvalue weighted by Gasteiger charge is -2.31. The summed E-state index contributed by atoms with van der Waals surface area (Å²) < 4.78 is 5.50. The summed E-state index contributed by atoms with van der Waals surface area (Å²) in [7, 11) is 0. The van der Waals surface area contributed by atoms with Gasteiger partial charge in [-0.15, -0.1) is 0 Å². The molecule has 6 heteroatoms. The number of hydrogen-bond donors (Lipinski definition) is 2. The highest BCUT2D eigenvalue weighted by Gasteiger charge is 2.18. The predicted octanol–water partition coefficient (Wildman–Crippen LogP) is 0.965. The van der Waals surface area contributed by atoms with Crippen LogP contribution in [-0.4, -0.2) is 59.3 Å². The van der Waals surface area contributed by atoms with E-state index in [1.165, 1.54) is 12.2 Å². The first-order valence-corrected chi connectivity index (χ1v) is 7.15. The Kier molecular flexibility index (Phi) is 6.69. The van der Waals surface area contributed by atoms with Gasteiger partial charge in [0.25, 0.3) is 0 Å². The Bertz CT molecular complexity index is 251. The zero-order valence-electron chi connectivity index (χ0n) is 10.6. The second kappa shape index (κ2) is 7.79. The van der Waals surface area contributed by atoms with Crippen molar-refractivity contribution in [3.63, 3.8) is 0 Å².